The van der Waals surface area contributed by atoms with Gasteiger partial charge in [0.1, 0.15) is 22.8 Å². The van der Waals surface area contributed by atoms with Crippen molar-refractivity contribution in [3.05, 3.63) is 57.2 Å². The highest BCUT2D eigenvalue weighted by Gasteiger charge is 2.48. The number of allylic oxidation sites excluding steroid dienone is 1. The zero-order valence-electron chi connectivity index (χ0n) is 16.4. The van der Waals surface area contributed by atoms with Crippen molar-refractivity contribution in [3.8, 4) is 17.1 Å². The normalized spacial score (nSPS) is 15.5. The molecule has 1 aromatic heterocycles. The highest BCUT2D eigenvalue weighted by molar-refractivity contribution is 6.10. The van der Waals surface area contributed by atoms with Gasteiger partial charge >= 0.3 is 0 Å². The van der Waals surface area contributed by atoms with Gasteiger partial charge in [0.25, 0.3) is 0 Å². The molecule has 1 aliphatic rings. The summed E-state index contributed by atoms with van der Waals surface area (Å²) in [5.41, 5.74) is -0.886. The van der Waals surface area contributed by atoms with Crippen LogP contribution >= 0.6 is 0 Å². The molecule has 0 radical (unpaired) electrons. The fourth-order valence-corrected chi connectivity index (χ4v) is 3.89. The molecule has 0 spiro atoms. The van der Waals surface area contributed by atoms with Crippen molar-refractivity contribution < 1.29 is 23.4 Å². The summed E-state index contributed by atoms with van der Waals surface area (Å²) in [4.78, 5) is 26.0. The summed E-state index contributed by atoms with van der Waals surface area (Å²) in [6.07, 6.45) is 1.14. The number of hydrogen-bond donors (Lipinski definition) is 1. The lowest BCUT2D eigenvalue weighted by Crippen LogP contribution is -2.41. The van der Waals surface area contributed by atoms with Crippen molar-refractivity contribution in [2.45, 2.75) is 45.4 Å². The summed E-state index contributed by atoms with van der Waals surface area (Å²) in [6.45, 7) is 5.46. The molecule has 0 fully saturated rings. The Hall–Kier alpha value is -2.89. The van der Waals surface area contributed by atoms with E-state index in [4.69, 9.17) is 9.15 Å². The molecule has 1 aliphatic carbocycles. The highest BCUT2D eigenvalue weighted by Crippen LogP contribution is 2.44. The Balaban J connectivity index is 2.33. The van der Waals surface area contributed by atoms with Crippen molar-refractivity contribution >= 4 is 11.5 Å². The van der Waals surface area contributed by atoms with Crippen LogP contribution in [-0.4, -0.2) is 18.0 Å². The predicted molar refractivity (Wildman–Crippen MR) is 104 cm³/mol. The van der Waals surface area contributed by atoms with Crippen LogP contribution < -0.4 is 10.2 Å². The monoisotopic (exact) mass is 386 g/mol. The molecule has 0 aliphatic heterocycles. The topological polar surface area (TPSA) is 76.7 Å². The molecule has 1 heterocycles. The molecular formula is C22H23FO5. The van der Waals surface area contributed by atoms with Gasteiger partial charge in [-0.1, -0.05) is 20.8 Å². The van der Waals surface area contributed by atoms with Crippen LogP contribution in [0.4, 0.5) is 4.39 Å². The van der Waals surface area contributed by atoms with Crippen molar-refractivity contribution in [1.29, 1.82) is 0 Å². The molecule has 5 nitrogen and oxygen atoms in total. The fourth-order valence-electron chi connectivity index (χ4n) is 3.89. The Labute approximate surface area is 162 Å². The molecule has 0 saturated carbocycles. The van der Waals surface area contributed by atoms with Gasteiger partial charge in [0, 0.05) is 17.2 Å². The van der Waals surface area contributed by atoms with E-state index >= 15 is 0 Å². The van der Waals surface area contributed by atoms with E-state index in [1.807, 2.05) is 13.8 Å². The highest BCUT2D eigenvalue weighted by atomic mass is 19.1. The van der Waals surface area contributed by atoms with E-state index in [-0.39, 0.29) is 39.9 Å². The first-order chi connectivity index (χ1) is 13.3. The molecule has 0 unspecified atom stereocenters. The van der Waals surface area contributed by atoms with Crippen LogP contribution in [0.5, 0.6) is 5.75 Å². The third-order valence-corrected chi connectivity index (χ3v) is 5.61. The van der Waals surface area contributed by atoms with Crippen molar-refractivity contribution in [1.82, 2.24) is 0 Å². The molecule has 0 amide bonds. The lowest BCUT2D eigenvalue weighted by atomic mass is 9.68. The van der Waals surface area contributed by atoms with Gasteiger partial charge in [-0.15, -0.1) is 0 Å². The summed E-state index contributed by atoms with van der Waals surface area (Å²) in [5.74, 6) is -0.783. The number of carbonyl (C=O) groups excluding carboxylic acids is 1. The van der Waals surface area contributed by atoms with Gasteiger partial charge in [-0.2, -0.15) is 0 Å². The minimum absolute atomic E-state index is 0.0258. The second-order valence-electron chi connectivity index (χ2n) is 6.83. The Morgan fingerprint density at radius 1 is 1.14 bits per heavy atom. The number of benzene rings is 1. The van der Waals surface area contributed by atoms with Gasteiger partial charge in [0.2, 0.25) is 0 Å². The maximum atomic E-state index is 14.1. The quantitative estimate of drug-likeness (QED) is 0.801. The van der Waals surface area contributed by atoms with Crippen LogP contribution in [0.15, 0.2) is 39.1 Å². The number of ketones is 1. The molecule has 148 valence electrons. The number of fused-ring (bicyclic) bond motifs is 1. The Kier molecular flexibility index (Phi) is 5.15. The minimum Gasteiger partial charge on any atom is -0.507 e. The number of rotatable bonds is 5. The van der Waals surface area contributed by atoms with E-state index in [1.54, 1.807) is 13.0 Å². The number of halogens is 1. The number of ether oxygens (including phenoxy) is 1. The maximum absolute atomic E-state index is 14.1. The van der Waals surface area contributed by atoms with E-state index < -0.39 is 16.7 Å². The summed E-state index contributed by atoms with van der Waals surface area (Å²) in [5, 5.41) is 10.6. The van der Waals surface area contributed by atoms with Gasteiger partial charge in [-0.3, -0.25) is 9.59 Å². The third-order valence-electron chi connectivity index (χ3n) is 5.61. The molecule has 1 aromatic carbocycles. The van der Waals surface area contributed by atoms with Crippen LogP contribution in [0.3, 0.4) is 0 Å². The maximum Gasteiger partial charge on any atom is 0.196 e. The molecule has 0 saturated heterocycles. The van der Waals surface area contributed by atoms with Crippen molar-refractivity contribution in [2.24, 2.45) is 0 Å². The fraction of sp³-hybridized carbons (Fsp3) is 0.364. The third kappa shape index (κ3) is 2.75. The second-order valence-corrected chi connectivity index (χ2v) is 6.83. The molecule has 0 atom stereocenters. The number of hydrogen-bond acceptors (Lipinski definition) is 5. The first-order valence-corrected chi connectivity index (χ1v) is 9.34. The van der Waals surface area contributed by atoms with Gasteiger partial charge in [0.15, 0.2) is 22.8 Å². The van der Waals surface area contributed by atoms with Gasteiger partial charge in [-0.25, -0.2) is 4.39 Å². The number of aliphatic hydroxyl groups is 1. The minimum atomic E-state index is -1.03. The molecule has 1 N–H and O–H groups in total. The van der Waals surface area contributed by atoms with Crippen LogP contribution in [-0.2, 0) is 10.2 Å². The number of aliphatic hydroxyl groups excluding tert-OH is 1. The molecule has 0 bridgehead atoms. The molecule has 28 heavy (non-hydrogen) atoms. The SMILES string of the molecule is CCC1=C(O)c2c(oc(-c3ccc(OC)c(F)c3)cc2=O)C(CC)(CC)C1=O. The first kappa shape index (κ1) is 19.9. The Bertz CT molecular complexity index is 1030. The summed E-state index contributed by atoms with van der Waals surface area (Å²) in [6, 6.07) is 5.44. The average molecular weight is 386 g/mol. The van der Waals surface area contributed by atoms with Crippen LogP contribution in [0.25, 0.3) is 17.1 Å². The van der Waals surface area contributed by atoms with E-state index in [0.717, 1.165) is 0 Å². The smallest absolute Gasteiger partial charge is 0.196 e. The first-order valence-electron chi connectivity index (χ1n) is 9.34. The van der Waals surface area contributed by atoms with E-state index in [0.29, 0.717) is 24.8 Å². The number of carbonyl (C=O) groups is 1. The van der Waals surface area contributed by atoms with E-state index in [2.05, 4.69) is 0 Å². The van der Waals surface area contributed by atoms with Crippen LogP contribution in [0.2, 0.25) is 0 Å². The number of methoxy groups -OCH3 is 1. The Morgan fingerprint density at radius 3 is 2.36 bits per heavy atom. The lowest BCUT2D eigenvalue weighted by molar-refractivity contribution is -0.122. The van der Waals surface area contributed by atoms with Gasteiger partial charge in [-0.05, 0) is 37.5 Å². The van der Waals surface area contributed by atoms with Crippen LogP contribution in [0.1, 0.15) is 51.4 Å². The predicted octanol–water partition coefficient (Wildman–Crippen LogP) is 4.77. The lowest BCUT2D eigenvalue weighted by Gasteiger charge is -2.35. The molecule has 3 rings (SSSR count). The summed E-state index contributed by atoms with van der Waals surface area (Å²) in [7, 11) is 1.36. The Morgan fingerprint density at radius 2 is 1.82 bits per heavy atom. The van der Waals surface area contributed by atoms with Crippen LogP contribution in [0, 0.1) is 5.82 Å². The summed E-state index contributed by atoms with van der Waals surface area (Å²) < 4.78 is 25.1. The molecule has 2 aromatic rings. The zero-order chi connectivity index (χ0) is 20.6. The van der Waals surface area contributed by atoms with E-state index in [1.165, 1.54) is 25.3 Å². The van der Waals surface area contributed by atoms with Gasteiger partial charge < -0.3 is 14.3 Å². The van der Waals surface area contributed by atoms with E-state index in [9.17, 15) is 19.1 Å². The average Bonchev–Trinajstić information content (AvgIpc) is 2.68. The largest absolute Gasteiger partial charge is 0.507 e. The van der Waals surface area contributed by atoms with Crippen molar-refractivity contribution in [2.75, 3.05) is 7.11 Å². The zero-order valence-corrected chi connectivity index (χ0v) is 16.4. The van der Waals surface area contributed by atoms with Crippen molar-refractivity contribution in [3.63, 3.8) is 0 Å². The second kappa shape index (κ2) is 7.26. The summed E-state index contributed by atoms with van der Waals surface area (Å²) >= 11 is 0. The molecular weight excluding hydrogens is 363 g/mol. The number of Topliss-reactive ketones (excluding diaryl/α,β-unsaturated/α-hetero) is 1. The van der Waals surface area contributed by atoms with Gasteiger partial charge in [0.05, 0.1) is 12.5 Å². The standard InChI is InChI=1S/C22H23FO5/c1-5-13-19(25)18-15(24)11-17(12-8-9-16(27-4)14(23)10-12)28-21(18)22(6-2,7-3)20(13)26/h8-11,25H,5-7H2,1-4H3. The molecule has 6 heteroatoms.